The molecular formula is C21H22N2OS. The highest BCUT2D eigenvalue weighted by atomic mass is 32.1. The van der Waals surface area contributed by atoms with Crippen molar-refractivity contribution in [3.63, 3.8) is 0 Å². The SMILES string of the molecule is Cc1nc(Cc2ccccc2)sc1C(C)NC1COc2ccccc21. The van der Waals surface area contributed by atoms with Crippen LogP contribution >= 0.6 is 11.3 Å². The van der Waals surface area contributed by atoms with E-state index in [9.17, 15) is 0 Å². The summed E-state index contributed by atoms with van der Waals surface area (Å²) in [5, 5.41) is 4.89. The van der Waals surface area contributed by atoms with E-state index in [0.717, 1.165) is 17.9 Å². The summed E-state index contributed by atoms with van der Waals surface area (Å²) in [6.45, 7) is 5.02. The zero-order valence-electron chi connectivity index (χ0n) is 14.5. The molecule has 1 aliphatic rings. The van der Waals surface area contributed by atoms with Gasteiger partial charge in [0.25, 0.3) is 0 Å². The second-order valence-corrected chi connectivity index (χ2v) is 7.62. The number of hydrogen-bond acceptors (Lipinski definition) is 4. The molecule has 0 spiro atoms. The topological polar surface area (TPSA) is 34.2 Å². The van der Waals surface area contributed by atoms with Crippen LogP contribution in [-0.2, 0) is 6.42 Å². The van der Waals surface area contributed by atoms with Gasteiger partial charge in [-0.1, -0.05) is 48.5 Å². The van der Waals surface area contributed by atoms with Gasteiger partial charge in [0.1, 0.15) is 12.4 Å². The van der Waals surface area contributed by atoms with E-state index in [1.807, 2.05) is 23.5 Å². The van der Waals surface area contributed by atoms with Crippen molar-refractivity contribution >= 4 is 11.3 Å². The molecule has 128 valence electrons. The van der Waals surface area contributed by atoms with Gasteiger partial charge in [0.15, 0.2) is 0 Å². The zero-order valence-corrected chi connectivity index (χ0v) is 15.3. The van der Waals surface area contributed by atoms with Gasteiger partial charge in [0.2, 0.25) is 0 Å². The number of thiazole rings is 1. The summed E-state index contributed by atoms with van der Waals surface area (Å²) >= 11 is 1.81. The average Bonchev–Trinajstić information content (AvgIpc) is 3.20. The smallest absolute Gasteiger partial charge is 0.124 e. The number of aryl methyl sites for hydroxylation is 1. The van der Waals surface area contributed by atoms with E-state index < -0.39 is 0 Å². The summed E-state index contributed by atoms with van der Waals surface area (Å²) in [6.07, 6.45) is 0.897. The van der Waals surface area contributed by atoms with E-state index in [0.29, 0.717) is 6.61 Å². The molecule has 3 aromatic rings. The molecule has 2 unspecified atom stereocenters. The molecule has 0 radical (unpaired) electrons. The number of fused-ring (bicyclic) bond motifs is 1. The normalized spacial score (nSPS) is 17.1. The molecule has 1 aromatic heterocycles. The first kappa shape index (κ1) is 16.3. The Balaban J connectivity index is 1.48. The fourth-order valence-electron chi connectivity index (χ4n) is 3.39. The largest absolute Gasteiger partial charge is 0.491 e. The van der Waals surface area contributed by atoms with Crippen LogP contribution < -0.4 is 10.1 Å². The molecule has 0 fully saturated rings. The first-order valence-corrected chi connectivity index (χ1v) is 9.50. The number of nitrogens with zero attached hydrogens (tertiary/aromatic N) is 1. The Bertz CT molecular complexity index is 859. The van der Waals surface area contributed by atoms with Crippen molar-refractivity contribution in [2.75, 3.05) is 6.61 Å². The molecule has 1 N–H and O–H groups in total. The zero-order chi connectivity index (χ0) is 17.2. The van der Waals surface area contributed by atoms with Gasteiger partial charge in [0.05, 0.1) is 16.7 Å². The van der Waals surface area contributed by atoms with Crippen molar-refractivity contribution in [3.05, 3.63) is 81.3 Å². The van der Waals surface area contributed by atoms with E-state index in [4.69, 9.17) is 9.72 Å². The van der Waals surface area contributed by atoms with Crippen LogP contribution in [0.3, 0.4) is 0 Å². The lowest BCUT2D eigenvalue weighted by atomic mass is 10.1. The third kappa shape index (κ3) is 3.46. The quantitative estimate of drug-likeness (QED) is 0.716. The van der Waals surface area contributed by atoms with Gasteiger partial charge in [-0.25, -0.2) is 4.98 Å². The van der Waals surface area contributed by atoms with Crippen LogP contribution in [0.1, 0.15) is 45.7 Å². The van der Waals surface area contributed by atoms with Gasteiger partial charge in [-0.15, -0.1) is 11.3 Å². The summed E-state index contributed by atoms with van der Waals surface area (Å²) in [4.78, 5) is 6.11. The number of rotatable bonds is 5. The van der Waals surface area contributed by atoms with Crippen molar-refractivity contribution < 1.29 is 4.74 Å². The van der Waals surface area contributed by atoms with Gasteiger partial charge in [-0.05, 0) is 25.5 Å². The highest BCUT2D eigenvalue weighted by molar-refractivity contribution is 7.11. The molecule has 2 aromatic carbocycles. The lowest BCUT2D eigenvalue weighted by Crippen LogP contribution is -2.25. The maximum absolute atomic E-state index is 5.79. The van der Waals surface area contributed by atoms with Gasteiger partial charge in [-0.2, -0.15) is 0 Å². The minimum atomic E-state index is 0.241. The monoisotopic (exact) mass is 350 g/mol. The third-order valence-electron chi connectivity index (χ3n) is 4.62. The first-order chi connectivity index (χ1) is 12.2. The van der Waals surface area contributed by atoms with E-state index in [1.165, 1.54) is 21.0 Å². The summed E-state index contributed by atoms with van der Waals surface area (Å²) in [6, 6.07) is 19.3. The minimum Gasteiger partial charge on any atom is -0.491 e. The predicted molar refractivity (Wildman–Crippen MR) is 102 cm³/mol. The van der Waals surface area contributed by atoms with E-state index >= 15 is 0 Å². The van der Waals surface area contributed by atoms with Gasteiger partial charge >= 0.3 is 0 Å². The summed E-state index contributed by atoms with van der Waals surface area (Å²) in [7, 11) is 0. The molecular weight excluding hydrogens is 328 g/mol. The molecule has 3 nitrogen and oxygen atoms in total. The highest BCUT2D eigenvalue weighted by Gasteiger charge is 2.26. The van der Waals surface area contributed by atoms with Crippen molar-refractivity contribution in [3.8, 4) is 5.75 Å². The molecule has 4 rings (SSSR count). The molecule has 0 bridgehead atoms. The standard InChI is InChI=1S/C21H22N2OS/c1-14(22-18-13-24-19-11-7-6-10-17(18)19)21-15(2)23-20(25-21)12-16-8-4-3-5-9-16/h3-11,14,18,22H,12-13H2,1-2H3. The van der Waals surface area contributed by atoms with E-state index in [2.05, 4.69) is 61.6 Å². The molecule has 0 amide bonds. The van der Waals surface area contributed by atoms with Crippen molar-refractivity contribution in [2.45, 2.75) is 32.4 Å². The molecule has 0 aliphatic carbocycles. The Morgan fingerprint density at radius 1 is 1.16 bits per heavy atom. The Morgan fingerprint density at radius 2 is 1.92 bits per heavy atom. The van der Waals surface area contributed by atoms with Gasteiger partial charge in [-0.3, -0.25) is 5.32 Å². The first-order valence-electron chi connectivity index (χ1n) is 8.68. The Labute approximate surface area is 152 Å². The second kappa shape index (κ2) is 6.98. The Morgan fingerprint density at radius 3 is 2.76 bits per heavy atom. The fraction of sp³-hybridized carbons (Fsp3) is 0.286. The molecule has 1 aliphatic heterocycles. The molecule has 25 heavy (non-hydrogen) atoms. The Hall–Kier alpha value is -2.17. The predicted octanol–water partition coefficient (Wildman–Crippen LogP) is 4.83. The van der Waals surface area contributed by atoms with Crippen molar-refractivity contribution in [2.24, 2.45) is 0 Å². The van der Waals surface area contributed by atoms with Crippen LogP contribution in [0.25, 0.3) is 0 Å². The van der Waals surface area contributed by atoms with Crippen LogP contribution in [0.4, 0.5) is 0 Å². The number of para-hydroxylation sites is 1. The number of aromatic nitrogens is 1. The van der Waals surface area contributed by atoms with Crippen LogP contribution in [0.2, 0.25) is 0 Å². The van der Waals surface area contributed by atoms with E-state index in [-0.39, 0.29) is 12.1 Å². The van der Waals surface area contributed by atoms with Gasteiger partial charge in [0, 0.05) is 22.9 Å². The number of hydrogen-bond donors (Lipinski definition) is 1. The molecule has 4 heteroatoms. The molecule has 2 heterocycles. The number of nitrogens with one attached hydrogen (secondary N) is 1. The van der Waals surface area contributed by atoms with Crippen molar-refractivity contribution in [1.82, 2.24) is 10.3 Å². The van der Waals surface area contributed by atoms with Crippen molar-refractivity contribution in [1.29, 1.82) is 0 Å². The van der Waals surface area contributed by atoms with Crippen LogP contribution in [0, 0.1) is 6.92 Å². The second-order valence-electron chi connectivity index (χ2n) is 6.51. The maximum atomic E-state index is 5.79. The van der Waals surface area contributed by atoms with E-state index in [1.54, 1.807) is 0 Å². The van der Waals surface area contributed by atoms with Gasteiger partial charge < -0.3 is 4.74 Å². The number of ether oxygens (including phenoxy) is 1. The lowest BCUT2D eigenvalue weighted by Gasteiger charge is -2.18. The molecule has 0 saturated carbocycles. The fourth-order valence-corrected chi connectivity index (χ4v) is 4.51. The molecule has 0 saturated heterocycles. The lowest BCUT2D eigenvalue weighted by molar-refractivity contribution is 0.301. The third-order valence-corrected chi connectivity index (χ3v) is 5.96. The number of benzene rings is 2. The van der Waals surface area contributed by atoms with Crippen LogP contribution in [0.15, 0.2) is 54.6 Å². The Kier molecular flexibility index (Phi) is 4.55. The maximum Gasteiger partial charge on any atom is 0.124 e. The molecule has 2 atom stereocenters. The highest BCUT2D eigenvalue weighted by Crippen LogP contribution is 2.35. The average molecular weight is 350 g/mol. The minimum absolute atomic E-state index is 0.241. The summed E-state index contributed by atoms with van der Waals surface area (Å²) in [5.74, 6) is 0.998. The summed E-state index contributed by atoms with van der Waals surface area (Å²) in [5.41, 5.74) is 3.69. The summed E-state index contributed by atoms with van der Waals surface area (Å²) < 4.78 is 5.79. The van der Waals surface area contributed by atoms with Crippen LogP contribution in [-0.4, -0.2) is 11.6 Å². The van der Waals surface area contributed by atoms with Crippen LogP contribution in [0.5, 0.6) is 5.75 Å².